The normalized spacial score (nSPS) is 40.9. The van der Waals surface area contributed by atoms with E-state index in [4.69, 9.17) is 5.11 Å². The molecule has 0 amide bonds. The van der Waals surface area contributed by atoms with E-state index in [0.717, 1.165) is 6.42 Å². The lowest BCUT2D eigenvalue weighted by atomic mass is 9.88. The summed E-state index contributed by atoms with van der Waals surface area (Å²) in [5.41, 5.74) is 0.216. The van der Waals surface area contributed by atoms with Crippen LogP contribution in [0.2, 0.25) is 0 Å². The zero-order chi connectivity index (χ0) is 7.90. The molecule has 1 aliphatic carbocycles. The second-order valence-electron chi connectivity index (χ2n) is 3.81. The molecule has 0 aromatic heterocycles. The van der Waals surface area contributed by atoms with E-state index < -0.39 is 0 Å². The van der Waals surface area contributed by atoms with Crippen LogP contribution in [0.1, 0.15) is 19.3 Å². The molecule has 2 unspecified atom stereocenters. The maximum atomic E-state index is 9.30. The average Bonchev–Trinajstić information content (AvgIpc) is 2.76. The summed E-state index contributed by atoms with van der Waals surface area (Å²) in [6.45, 7) is 0.917. The molecule has 0 aromatic carbocycles. The minimum absolute atomic E-state index is 0.212. The van der Waals surface area contributed by atoms with Crippen LogP contribution in [0.4, 0.5) is 0 Å². The van der Waals surface area contributed by atoms with E-state index in [0.29, 0.717) is 6.54 Å². The van der Waals surface area contributed by atoms with Gasteiger partial charge in [-0.3, -0.25) is 0 Å². The summed E-state index contributed by atoms with van der Waals surface area (Å²) in [5, 5.41) is 21.6. The van der Waals surface area contributed by atoms with E-state index in [1.807, 2.05) is 0 Å². The SMILES string of the molecule is OCC1CC(O)CNC12CC2. The summed E-state index contributed by atoms with van der Waals surface area (Å²) in [4.78, 5) is 0. The molecule has 3 nitrogen and oxygen atoms in total. The Kier molecular flexibility index (Phi) is 1.67. The van der Waals surface area contributed by atoms with Crippen molar-refractivity contribution in [3.05, 3.63) is 0 Å². The number of piperidine rings is 1. The number of hydrogen-bond acceptors (Lipinski definition) is 3. The van der Waals surface area contributed by atoms with Crippen LogP contribution in [-0.4, -0.2) is 35.0 Å². The fourth-order valence-corrected chi connectivity index (χ4v) is 2.07. The summed E-state index contributed by atoms with van der Waals surface area (Å²) in [5.74, 6) is 0.284. The molecule has 1 aliphatic heterocycles. The first-order chi connectivity index (χ1) is 5.27. The van der Waals surface area contributed by atoms with Gasteiger partial charge in [-0.25, -0.2) is 0 Å². The van der Waals surface area contributed by atoms with Gasteiger partial charge in [0.1, 0.15) is 0 Å². The van der Waals surface area contributed by atoms with Gasteiger partial charge in [-0.15, -0.1) is 0 Å². The minimum atomic E-state index is -0.252. The molecular formula is C8H15NO2. The monoisotopic (exact) mass is 157 g/mol. The number of rotatable bonds is 1. The highest BCUT2D eigenvalue weighted by atomic mass is 16.3. The third kappa shape index (κ3) is 1.17. The second kappa shape index (κ2) is 2.44. The Hall–Kier alpha value is -0.120. The van der Waals surface area contributed by atoms with E-state index in [1.54, 1.807) is 0 Å². The second-order valence-corrected chi connectivity index (χ2v) is 3.81. The number of hydrogen-bond donors (Lipinski definition) is 3. The van der Waals surface area contributed by atoms with Gasteiger partial charge < -0.3 is 15.5 Å². The van der Waals surface area contributed by atoms with Crippen LogP contribution in [0.5, 0.6) is 0 Å². The Morgan fingerprint density at radius 3 is 2.73 bits per heavy atom. The Bertz CT molecular complexity index is 156. The van der Waals surface area contributed by atoms with Gasteiger partial charge in [0.05, 0.1) is 6.10 Å². The lowest BCUT2D eigenvalue weighted by Crippen LogP contribution is -2.50. The molecule has 11 heavy (non-hydrogen) atoms. The standard InChI is InChI=1S/C8H15NO2/c10-5-6-3-7(11)4-9-8(6)1-2-8/h6-7,9-11H,1-5H2. The van der Waals surface area contributed by atoms with Crippen molar-refractivity contribution < 1.29 is 10.2 Å². The third-order valence-electron chi connectivity index (χ3n) is 3.04. The minimum Gasteiger partial charge on any atom is -0.396 e. The fraction of sp³-hybridized carbons (Fsp3) is 1.00. The quantitative estimate of drug-likeness (QED) is 0.480. The molecule has 1 spiro atoms. The molecule has 2 atom stereocenters. The molecular weight excluding hydrogens is 142 g/mol. The molecule has 0 bridgehead atoms. The van der Waals surface area contributed by atoms with Crippen molar-refractivity contribution in [2.24, 2.45) is 5.92 Å². The molecule has 64 valence electrons. The molecule has 1 saturated carbocycles. The fourth-order valence-electron chi connectivity index (χ4n) is 2.07. The number of aliphatic hydroxyl groups excluding tert-OH is 2. The van der Waals surface area contributed by atoms with Gasteiger partial charge in [-0.1, -0.05) is 0 Å². The van der Waals surface area contributed by atoms with Crippen LogP contribution >= 0.6 is 0 Å². The van der Waals surface area contributed by atoms with Crippen LogP contribution in [0.25, 0.3) is 0 Å². The van der Waals surface area contributed by atoms with E-state index in [-0.39, 0.29) is 24.2 Å². The zero-order valence-electron chi connectivity index (χ0n) is 6.58. The predicted molar refractivity (Wildman–Crippen MR) is 41.2 cm³/mol. The highest BCUT2D eigenvalue weighted by Crippen LogP contribution is 2.45. The van der Waals surface area contributed by atoms with Crippen molar-refractivity contribution >= 4 is 0 Å². The Balaban J connectivity index is 2.01. The summed E-state index contributed by atoms with van der Waals surface area (Å²) < 4.78 is 0. The molecule has 0 aromatic rings. The van der Waals surface area contributed by atoms with Gasteiger partial charge in [0, 0.05) is 24.6 Å². The molecule has 1 saturated heterocycles. The highest BCUT2D eigenvalue weighted by molar-refractivity contribution is 5.09. The van der Waals surface area contributed by atoms with Crippen molar-refractivity contribution in [2.45, 2.75) is 30.9 Å². The highest BCUT2D eigenvalue weighted by Gasteiger charge is 2.51. The lowest BCUT2D eigenvalue weighted by molar-refractivity contribution is 0.0538. The molecule has 2 rings (SSSR count). The number of aliphatic hydroxyl groups is 2. The molecule has 2 fully saturated rings. The largest absolute Gasteiger partial charge is 0.396 e. The van der Waals surface area contributed by atoms with Crippen LogP contribution in [0.15, 0.2) is 0 Å². The molecule has 3 heteroatoms. The maximum Gasteiger partial charge on any atom is 0.0669 e. The van der Waals surface area contributed by atoms with Crippen molar-refractivity contribution in [1.29, 1.82) is 0 Å². The summed E-state index contributed by atoms with van der Waals surface area (Å²) in [7, 11) is 0. The Morgan fingerprint density at radius 2 is 2.18 bits per heavy atom. The third-order valence-corrected chi connectivity index (χ3v) is 3.04. The van der Waals surface area contributed by atoms with Crippen LogP contribution in [0, 0.1) is 5.92 Å². The zero-order valence-corrected chi connectivity index (χ0v) is 6.58. The number of β-amino-alcohol motifs (C(OH)–C–C–N with tert-alkyl or cyclic N) is 1. The predicted octanol–water partition coefficient (Wildman–Crippen LogP) is -0.518. The number of nitrogens with one attached hydrogen (secondary N) is 1. The van der Waals surface area contributed by atoms with Gasteiger partial charge in [0.25, 0.3) is 0 Å². The topological polar surface area (TPSA) is 52.5 Å². The van der Waals surface area contributed by atoms with Crippen molar-refractivity contribution in [1.82, 2.24) is 5.32 Å². The van der Waals surface area contributed by atoms with E-state index in [9.17, 15) is 5.11 Å². The molecule has 1 heterocycles. The average molecular weight is 157 g/mol. The van der Waals surface area contributed by atoms with Crippen molar-refractivity contribution in [3.8, 4) is 0 Å². The summed E-state index contributed by atoms with van der Waals surface area (Å²) in [6, 6.07) is 0. The summed E-state index contributed by atoms with van der Waals surface area (Å²) >= 11 is 0. The van der Waals surface area contributed by atoms with Gasteiger partial charge in [0.15, 0.2) is 0 Å². The first-order valence-corrected chi connectivity index (χ1v) is 4.31. The first kappa shape index (κ1) is 7.53. The first-order valence-electron chi connectivity index (χ1n) is 4.31. The van der Waals surface area contributed by atoms with Gasteiger partial charge in [0.2, 0.25) is 0 Å². The summed E-state index contributed by atoms with van der Waals surface area (Å²) in [6.07, 6.45) is 2.86. The van der Waals surface area contributed by atoms with E-state index in [1.165, 1.54) is 12.8 Å². The molecule has 3 N–H and O–H groups in total. The Morgan fingerprint density at radius 1 is 1.45 bits per heavy atom. The van der Waals surface area contributed by atoms with Crippen LogP contribution < -0.4 is 5.32 Å². The van der Waals surface area contributed by atoms with E-state index in [2.05, 4.69) is 5.32 Å². The maximum absolute atomic E-state index is 9.30. The van der Waals surface area contributed by atoms with Crippen LogP contribution in [0.3, 0.4) is 0 Å². The van der Waals surface area contributed by atoms with Gasteiger partial charge in [-0.05, 0) is 19.3 Å². The molecule has 0 radical (unpaired) electrons. The van der Waals surface area contributed by atoms with Crippen molar-refractivity contribution in [2.75, 3.05) is 13.2 Å². The van der Waals surface area contributed by atoms with Crippen LogP contribution in [-0.2, 0) is 0 Å². The van der Waals surface area contributed by atoms with Gasteiger partial charge in [-0.2, -0.15) is 0 Å². The smallest absolute Gasteiger partial charge is 0.0669 e. The lowest BCUT2D eigenvalue weighted by Gasteiger charge is -2.34. The van der Waals surface area contributed by atoms with E-state index >= 15 is 0 Å². The van der Waals surface area contributed by atoms with Crippen molar-refractivity contribution in [3.63, 3.8) is 0 Å². The molecule has 2 aliphatic rings. The van der Waals surface area contributed by atoms with Gasteiger partial charge >= 0.3 is 0 Å². The Labute approximate surface area is 66.4 Å².